The van der Waals surface area contributed by atoms with E-state index < -0.39 is 0 Å². The number of likely N-dealkylation sites (N-methyl/N-ethyl adjacent to an activating group) is 2. The summed E-state index contributed by atoms with van der Waals surface area (Å²) in [5.41, 5.74) is 0. The van der Waals surface area contributed by atoms with Crippen molar-refractivity contribution in [2.45, 2.75) is 18.9 Å². The Bertz CT molecular complexity index is 520. The number of ether oxygens (including phenoxy) is 1. The molecule has 0 aromatic carbocycles. The van der Waals surface area contributed by atoms with Gasteiger partial charge < -0.3 is 15.0 Å². The van der Waals surface area contributed by atoms with Crippen LogP contribution in [0, 0.1) is 0 Å². The Balaban J connectivity index is 0.00000161. The van der Waals surface area contributed by atoms with E-state index in [0.29, 0.717) is 12.4 Å². The van der Waals surface area contributed by atoms with Crippen LogP contribution in [-0.2, 0) is 4.79 Å². The van der Waals surface area contributed by atoms with Gasteiger partial charge in [0.05, 0.1) is 12.6 Å². The molecule has 7 heteroatoms. The van der Waals surface area contributed by atoms with Gasteiger partial charge in [-0.2, -0.15) is 0 Å². The van der Waals surface area contributed by atoms with Crippen molar-refractivity contribution in [1.29, 1.82) is 0 Å². The molecule has 3 rings (SSSR count). The minimum Gasteiger partial charge on any atom is -0.488 e. The number of fused-ring (bicyclic) bond motifs is 1. The SMILES string of the molecule is CN1CCOc2ccc(N(C)C(=O)[C@@H]3CCCN3)nc21.Cl. The highest BCUT2D eigenvalue weighted by atomic mass is 35.5. The Morgan fingerprint density at radius 1 is 1.52 bits per heavy atom. The van der Waals surface area contributed by atoms with Gasteiger partial charge in [-0.3, -0.25) is 9.69 Å². The van der Waals surface area contributed by atoms with Gasteiger partial charge in [-0.1, -0.05) is 0 Å². The lowest BCUT2D eigenvalue weighted by atomic mass is 10.2. The third kappa shape index (κ3) is 3.06. The van der Waals surface area contributed by atoms with Crippen LogP contribution in [0.3, 0.4) is 0 Å². The third-order valence-corrected chi connectivity index (χ3v) is 3.90. The summed E-state index contributed by atoms with van der Waals surface area (Å²) >= 11 is 0. The third-order valence-electron chi connectivity index (χ3n) is 3.90. The molecule has 0 bridgehead atoms. The smallest absolute Gasteiger partial charge is 0.245 e. The highest BCUT2D eigenvalue weighted by Crippen LogP contribution is 2.30. The van der Waals surface area contributed by atoms with Gasteiger partial charge in [0.1, 0.15) is 12.4 Å². The summed E-state index contributed by atoms with van der Waals surface area (Å²) in [5.74, 6) is 2.32. The maximum atomic E-state index is 12.4. The molecule has 2 aliphatic rings. The molecular formula is C14H21ClN4O2. The first-order chi connectivity index (χ1) is 9.66. The minimum absolute atomic E-state index is 0. The van der Waals surface area contributed by atoms with E-state index >= 15 is 0 Å². The Kier molecular flexibility index (Phi) is 4.90. The molecular weight excluding hydrogens is 292 g/mol. The van der Waals surface area contributed by atoms with E-state index in [0.717, 1.165) is 37.5 Å². The molecule has 6 nitrogen and oxygen atoms in total. The van der Waals surface area contributed by atoms with Crippen molar-refractivity contribution in [3.63, 3.8) is 0 Å². The fourth-order valence-corrected chi connectivity index (χ4v) is 2.64. The molecule has 1 aromatic rings. The number of carbonyl (C=O) groups excluding carboxylic acids is 1. The van der Waals surface area contributed by atoms with Crippen molar-refractivity contribution in [3.05, 3.63) is 12.1 Å². The first kappa shape index (κ1) is 15.9. The first-order valence-electron chi connectivity index (χ1n) is 7.03. The van der Waals surface area contributed by atoms with E-state index in [1.54, 1.807) is 11.9 Å². The van der Waals surface area contributed by atoms with Gasteiger partial charge >= 0.3 is 0 Å². The lowest BCUT2D eigenvalue weighted by molar-refractivity contribution is -0.120. The van der Waals surface area contributed by atoms with E-state index in [-0.39, 0.29) is 24.4 Å². The summed E-state index contributed by atoms with van der Waals surface area (Å²) in [5, 5.41) is 3.22. The van der Waals surface area contributed by atoms with Crippen LogP contribution in [0.5, 0.6) is 5.75 Å². The number of carbonyl (C=O) groups is 1. The molecule has 1 aromatic heterocycles. The zero-order valence-electron chi connectivity index (χ0n) is 12.3. The van der Waals surface area contributed by atoms with Crippen molar-refractivity contribution >= 4 is 29.9 Å². The van der Waals surface area contributed by atoms with Crippen molar-refractivity contribution in [2.75, 3.05) is 43.6 Å². The van der Waals surface area contributed by atoms with Crippen LogP contribution < -0.4 is 19.9 Å². The number of hydrogen-bond donors (Lipinski definition) is 1. The summed E-state index contributed by atoms with van der Waals surface area (Å²) in [6.45, 7) is 2.40. The molecule has 116 valence electrons. The number of anilines is 2. The van der Waals surface area contributed by atoms with Crippen molar-refractivity contribution in [1.82, 2.24) is 10.3 Å². The number of pyridine rings is 1. The summed E-state index contributed by atoms with van der Waals surface area (Å²) in [6, 6.07) is 3.65. The lowest BCUT2D eigenvalue weighted by Crippen LogP contribution is -2.42. The molecule has 3 heterocycles. The van der Waals surface area contributed by atoms with Crippen LogP contribution in [0.25, 0.3) is 0 Å². The van der Waals surface area contributed by atoms with E-state index in [4.69, 9.17) is 4.74 Å². The molecule has 0 saturated carbocycles. The lowest BCUT2D eigenvalue weighted by Gasteiger charge is -2.28. The monoisotopic (exact) mass is 312 g/mol. The minimum atomic E-state index is -0.0770. The normalized spacial score (nSPS) is 20.3. The number of rotatable bonds is 2. The predicted octanol–water partition coefficient (Wildman–Crippen LogP) is 1.05. The largest absolute Gasteiger partial charge is 0.488 e. The molecule has 0 unspecified atom stereocenters. The second-order valence-corrected chi connectivity index (χ2v) is 5.31. The summed E-state index contributed by atoms with van der Waals surface area (Å²) in [7, 11) is 3.76. The topological polar surface area (TPSA) is 57.7 Å². The summed E-state index contributed by atoms with van der Waals surface area (Å²) < 4.78 is 5.57. The van der Waals surface area contributed by atoms with Crippen LogP contribution in [-0.4, -0.2) is 50.7 Å². The second kappa shape index (κ2) is 6.49. The van der Waals surface area contributed by atoms with Crippen LogP contribution in [0.2, 0.25) is 0 Å². The summed E-state index contributed by atoms with van der Waals surface area (Å²) in [6.07, 6.45) is 1.95. The predicted molar refractivity (Wildman–Crippen MR) is 84.7 cm³/mol. The average molecular weight is 313 g/mol. The Labute approximate surface area is 130 Å². The fraction of sp³-hybridized carbons (Fsp3) is 0.571. The zero-order chi connectivity index (χ0) is 14.1. The molecule has 2 aliphatic heterocycles. The van der Waals surface area contributed by atoms with Crippen LogP contribution in [0.15, 0.2) is 12.1 Å². The number of hydrogen-bond acceptors (Lipinski definition) is 5. The number of halogens is 1. The van der Waals surface area contributed by atoms with E-state index in [1.807, 2.05) is 19.2 Å². The molecule has 1 atom stereocenters. The zero-order valence-corrected chi connectivity index (χ0v) is 13.2. The molecule has 1 amide bonds. The van der Waals surface area contributed by atoms with E-state index in [9.17, 15) is 4.79 Å². The molecule has 0 aliphatic carbocycles. The Hall–Kier alpha value is -1.53. The van der Waals surface area contributed by atoms with Crippen LogP contribution >= 0.6 is 12.4 Å². The second-order valence-electron chi connectivity index (χ2n) is 5.31. The molecule has 21 heavy (non-hydrogen) atoms. The molecule has 1 saturated heterocycles. The summed E-state index contributed by atoms with van der Waals surface area (Å²) in [4.78, 5) is 20.6. The molecule has 1 fully saturated rings. The average Bonchev–Trinajstić information content (AvgIpc) is 3.00. The quantitative estimate of drug-likeness (QED) is 0.884. The Morgan fingerprint density at radius 2 is 2.33 bits per heavy atom. The highest BCUT2D eigenvalue weighted by Gasteiger charge is 2.27. The standard InChI is InChI=1S/C14H20N4O2.ClH/c1-17-8-9-20-11-5-6-12(16-13(11)17)18(2)14(19)10-4-3-7-15-10;/h5-6,10,15H,3-4,7-9H2,1-2H3;1H/t10-;/m0./s1. The van der Waals surface area contributed by atoms with E-state index in [1.165, 1.54) is 0 Å². The van der Waals surface area contributed by atoms with Crippen LogP contribution in [0.1, 0.15) is 12.8 Å². The van der Waals surface area contributed by atoms with Crippen molar-refractivity contribution in [2.24, 2.45) is 0 Å². The van der Waals surface area contributed by atoms with Gasteiger partial charge in [0, 0.05) is 14.1 Å². The molecule has 0 spiro atoms. The fourth-order valence-electron chi connectivity index (χ4n) is 2.64. The van der Waals surface area contributed by atoms with E-state index in [2.05, 4.69) is 15.2 Å². The van der Waals surface area contributed by atoms with Crippen molar-refractivity contribution < 1.29 is 9.53 Å². The van der Waals surface area contributed by atoms with Crippen molar-refractivity contribution in [3.8, 4) is 5.75 Å². The van der Waals surface area contributed by atoms with Gasteiger partial charge in [0.15, 0.2) is 11.6 Å². The van der Waals surface area contributed by atoms with Gasteiger partial charge in [0.2, 0.25) is 5.91 Å². The van der Waals surface area contributed by atoms with Gasteiger partial charge in [-0.25, -0.2) is 4.98 Å². The Morgan fingerprint density at radius 3 is 3.05 bits per heavy atom. The number of nitrogens with one attached hydrogen (secondary N) is 1. The molecule has 1 N–H and O–H groups in total. The number of nitrogens with zero attached hydrogens (tertiary/aromatic N) is 3. The van der Waals surface area contributed by atoms with Gasteiger partial charge in [-0.15, -0.1) is 12.4 Å². The van der Waals surface area contributed by atoms with Crippen LogP contribution in [0.4, 0.5) is 11.6 Å². The van der Waals surface area contributed by atoms with Gasteiger partial charge in [-0.05, 0) is 31.5 Å². The maximum Gasteiger partial charge on any atom is 0.245 e. The maximum absolute atomic E-state index is 12.4. The number of amides is 1. The first-order valence-corrected chi connectivity index (χ1v) is 7.03. The highest BCUT2D eigenvalue weighted by molar-refractivity contribution is 5.96. The molecule has 0 radical (unpaired) electrons. The van der Waals surface area contributed by atoms with Gasteiger partial charge in [0.25, 0.3) is 0 Å². The number of aromatic nitrogens is 1.